The number of hydrogen-bond donors (Lipinski definition) is 1. The van der Waals surface area contributed by atoms with E-state index in [0.29, 0.717) is 13.1 Å². The van der Waals surface area contributed by atoms with Gasteiger partial charge in [0.05, 0.1) is 10.5 Å². The molecule has 1 amide bonds. The molecule has 0 radical (unpaired) electrons. The van der Waals surface area contributed by atoms with Gasteiger partial charge in [-0.25, -0.2) is 8.42 Å². The van der Waals surface area contributed by atoms with Crippen molar-refractivity contribution in [3.05, 3.63) is 29.8 Å². The normalized spacial score (nSPS) is 19.9. The smallest absolute Gasteiger partial charge is 0.255 e. The Labute approximate surface area is 119 Å². The van der Waals surface area contributed by atoms with E-state index in [1.165, 1.54) is 6.07 Å². The van der Waals surface area contributed by atoms with Crippen LogP contribution in [0.15, 0.2) is 29.2 Å². The van der Waals surface area contributed by atoms with Crippen LogP contribution in [0.25, 0.3) is 0 Å². The van der Waals surface area contributed by atoms with Gasteiger partial charge in [-0.05, 0) is 32.0 Å². The Morgan fingerprint density at radius 2 is 2.05 bits per heavy atom. The van der Waals surface area contributed by atoms with E-state index in [2.05, 4.69) is 5.32 Å². The molecular weight excluding hydrogens is 276 g/mol. The number of carbonyl (C=O) groups is 1. The lowest BCUT2D eigenvalue weighted by Crippen LogP contribution is -2.47. The van der Waals surface area contributed by atoms with E-state index < -0.39 is 9.84 Å². The van der Waals surface area contributed by atoms with Gasteiger partial charge in [-0.2, -0.15) is 0 Å². The minimum atomic E-state index is -3.40. The topological polar surface area (TPSA) is 66.5 Å². The third-order valence-electron chi connectivity index (χ3n) is 3.63. The van der Waals surface area contributed by atoms with Crippen LogP contribution in [-0.2, 0) is 9.84 Å². The van der Waals surface area contributed by atoms with Crippen LogP contribution in [0.4, 0.5) is 0 Å². The van der Waals surface area contributed by atoms with Crippen molar-refractivity contribution in [3.8, 4) is 0 Å². The third-order valence-corrected chi connectivity index (χ3v) is 4.79. The average molecular weight is 296 g/mol. The molecule has 5 nitrogen and oxygen atoms in total. The molecule has 0 aromatic heterocycles. The molecule has 1 aliphatic rings. The number of rotatable bonds is 3. The number of nitrogens with zero attached hydrogens (tertiary/aromatic N) is 1. The van der Waals surface area contributed by atoms with E-state index in [1.807, 2.05) is 7.05 Å². The summed E-state index contributed by atoms with van der Waals surface area (Å²) in [5.74, 6) is -0.203. The summed E-state index contributed by atoms with van der Waals surface area (Å²) in [5.41, 5.74) is 0.270. The summed E-state index contributed by atoms with van der Waals surface area (Å²) in [6.45, 7) is 1.29. The molecule has 1 atom stereocenters. The first kappa shape index (κ1) is 15.0. The summed E-state index contributed by atoms with van der Waals surface area (Å²) in [7, 11) is -1.52. The van der Waals surface area contributed by atoms with Crippen LogP contribution in [0, 0.1) is 0 Å². The standard InChI is InChI=1S/C14H20N2O3S/c1-15-11-6-5-9-16(10-11)14(17)12-7-3-4-8-13(12)20(2,18)19/h3-4,7-8,11,15H,5-6,9-10H2,1-2H3. The van der Waals surface area contributed by atoms with Crippen molar-refractivity contribution >= 4 is 15.7 Å². The molecular formula is C14H20N2O3S. The van der Waals surface area contributed by atoms with Gasteiger partial charge in [0, 0.05) is 25.4 Å². The maximum atomic E-state index is 12.6. The molecule has 20 heavy (non-hydrogen) atoms. The van der Waals surface area contributed by atoms with Gasteiger partial charge in [0.1, 0.15) is 0 Å². The van der Waals surface area contributed by atoms with Gasteiger partial charge in [0.25, 0.3) is 5.91 Å². The molecule has 6 heteroatoms. The predicted molar refractivity (Wildman–Crippen MR) is 77.5 cm³/mol. The van der Waals surface area contributed by atoms with Crippen molar-refractivity contribution in [1.82, 2.24) is 10.2 Å². The summed E-state index contributed by atoms with van der Waals surface area (Å²) in [6.07, 6.45) is 3.10. The van der Waals surface area contributed by atoms with Crippen molar-refractivity contribution in [2.75, 3.05) is 26.4 Å². The van der Waals surface area contributed by atoms with Crippen LogP contribution < -0.4 is 5.32 Å². The molecule has 0 bridgehead atoms. The molecule has 1 saturated heterocycles. The second-order valence-electron chi connectivity index (χ2n) is 5.15. The van der Waals surface area contributed by atoms with E-state index in [1.54, 1.807) is 23.1 Å². The van der Waals surface area contributed by atoms with E-state index in [0.717, 1.165) is 19.1 Å². The number of amides is 1. The number of benzene rings is 1. The number of sulfone groups is 1. The van der Waals surface area contributed by atoms with Crippen molar-refractivity contribution in [2.24, 2.45) is 0 Å². The first-order valence-electron chi connectivity index (χ1n) is 6.69. The van der Waals surface area contributed by atoms with Gasteiger partial charge in [-0.3, -0.25) is 4.79 Å². The van der Waals surface area contributed by atoms with Crippen molar-refractivity contribution < 1.29 is 13.2 Å². The zero-order valence-electron chi connectivity index (χ0n) is 11.8. The number of hydrogen-bond acceptors (Lipinski definition) is 4. The van der Waals surface area contributed by atoms with Gasteiger partial charge in [-0.1, -0.05) is 12.1 Å². The highest BCUT2D eigenvalue weighted by Gasteiger charge is 2.26. The SMILES string of the molecule is CNC1CCCN(C(=O)c2ccccc2S(C)(=O)=O)C1. The molecule has 1 unspecified atom stereocenters. The van der Waals surface area contributed by atoms with Crippen molar-refractivity contribution in [1.29, 1.82) is 0 Å². The van der Waals surface area contributed by atoms with Crippen LogP contribution in [-0.4, -0.2) is 51.7 Å². The Hall–Kier alpha value is -1.40. The molecule has 1 N–H and O–H groups in total. The van der Waals surface area contributed by atoms with Gasteiger partial charge >= 0.3 is 0 Å². The Bertz CT molecular complexity index is 598. The molecule has 0 saturated carbocycles. The first-order chi connectivity index (χ1) is 9.43. The van der Waals surface area contributed by atoms with Crippen LogP contribution in [0.1, 0.15) is 23.2 Å². The molecule has 1 fully saturated rings. The Kier molecular flexibility index (Phi) is 4.45. The zero-order valence-corrected chi connectivity index (χ0v) is 12.6. The lowest BCUT2D eigenvalue weighted by Gasteiger charge is -2.33. The number of likely N-dealkylation sites (tertiary alicyclic amines) is 1. The van der Waals surface area contributed by atoms with Gasteiger partial charge in [-0.15, -0.1) is 0 Å². The summed E-state index contributed by atoms with van der Waals surface area (Å²) < 4.78 is 23.6. The molecule has 1 aromatic rings. The molecule has 1 heterocycles. The van der Waals surface area contributed by atoms with Gasteiger partial charge in [0.2, 0.25) is 0 Å². The highest BCUT2D eigenvalue weighted by molar-refractivity contribution is 7.90. The molecule has 2 rings (SSSR count). The minimum Gasteiger partial charge on any atom is -0.337 e. The maximum Gasteiger partial charge on any atom is 0.255 e. The minimum absolute atomic E-state index is 0.108. The van der Waals surface area contributed by atoms with Crippen LogP contribution in [0.5, 0.6) is 0 Å². The molecule has 1 aliphatic heterocycles. The fourth-order valence-corrected chi connectivity index (χ4v) is 3.41. The molecule has 0 spiro atoms. The summed E-state index contributed by atoms with van der Waals surface area (Å²) in [5, 5.41) is 3.17. The van der Waals surface area contributed by atoms with Crippen molar-refractivity contribution in [3.63, 3.8) is 0 Å². The van der Waals surface area contributed by atoms with Crippen LogP contribution in [0.3, 0.4) is 0 Å². The second-order valence-corrected chi connectivity index (χ2v) is 7.13. The number of likely N-dealkylation sites (N-methyl/N-ethyl adjacent to an activating group) is 1. The van der Waals surface area contributed by atoms with Crippen molar-refractivity contribution in [2.45, 2.75) is 23.8 Å². The van der Waals surface area contributed by atoms with Crippen LogP contribution >= 0.6 is 0 Å². The van der Waals surface area contributed by atoms with E-state index in [4.69, 9.17) is 0 Å². The summed E-state index contributed by atoms with van der Waals surface area (Å²) in [4.78, 5) is 14.4. The fraction of sp³-hybridized carbons (Fsp3) is 0.500. The molecule has 1 aromatic carbocycles. The fourth-order valence-electron chi connectivity index (χ4n) is 2.53. The van der Waals surface area contributed by atoms with E-state index in [-0.39, 0.29) is 22.4 Å². The van der Waals surface area contributed by atoms with Crippen LogP contribution in [0.2, 0.25) is 0 Å². The number of piperidine rings is 1. The lowest BCUT2D eigenvalue weighted by atomic mass is 10.0. The Morgan fingerprint density at radius 1 is 1.35 bits per heavy atom. The lowest BCUT2D eigenvalue weighted by molar-refractivity contribution is 0.0694. The Balaban J connectivity index is 2.30. The predicted octanol–water partition coefficient (Wildman–Crippen LogP) is 0.914. The monoisotopic (exact) mass is 296 g/mol. The van der Waals surface area contributed by atoms with Gasteiger partial charge in [0.15, 0.2) is 9.84 Å². The quantitative estimate of drug-likeness (QED) is 0.900. The number of carbonyl (C=O) groups excluding carboxylic acids is 1. The van der Waals surface area contributed by atoms with E-state index in [9.17, 15) is 13.2 Å². The summed E-state index contributed by atoms with van der Waals surface area (Å²) >= 11 is 0. The van der Waals surface area contributed by atoms with E-state index >= 15 is 0 Å². The maximum absolute atomic E-state index is 12.6. The third kappa shape index (κ3) is 3.19. The summed E-state index contributed by atoms with van der Waals surface area (Å²) in [6, 6.07) is 6.68. The number of nitrogens with one attached hydrogen (secondary N) is 1. The highest BCUT2D eigenvalue weighted by atomic mass is 32.2. The molecule has 110 valence electrons. The Morgan fingerprint density at radius 3 is 2.70 bits per heavy atom. The zero-order chi connectivity index (χ0) is 14.8. The first-order valence-corrected chi connectivity index (χ1v) is 8.58. The highest BCUT2D eigenvalue weighted by Crippen LogP contribution is 2.19. The second kappa shape index (κ2) is 5.93. The average Bonchev–Trinajstić information content (AvgIpc) is 2.45. The van der Waals surface area contributed by atoms with Gasteiger partial charge < -0.3 is 10.2 Å². The largest absolute Gasteiger partial charge is 0.337 e. The molecule has 0 aliphatic carbocycles.